The molecular formula is C22H25NO5. The third-order valence-corrected chi connectivity index (χ3v) is 4.46. The minimum atomic E-state index is -0.745. The van der Waals surface area contributed by atoms with Gasteiger partial charge >= 0.3 is 0 Å². The molecule has 1 aliphatic heterocycles. The number of hydrogen-bond acceptors (Lipinski definition) is 5. The number of carbonyl (C=O) groups excluding carboxylic acids is 2. The molecule has 0 saturated carbocycles. The highest BCUT2D eigenvalue weighted by molar-refractivity contribution is 6.27. The summed E-state index contributed by atoms with van der Waals surface area (Å²) in [5, 5.41) is 31.1. The molecule has 2 atom stereocenters. The van der Waals surface area contributed by atoms with E-state index in [0.717, 1.165) is 12.0 Å². The van der Waals surface area contributed by atoms with Gasteiger partial charge in [-0.2, -0.15) is 0 Å². The monoisotopic (exact) mass is 383 g/mol. The molecule has 0 aromatic heterocycles. The van der Waals surface area contributed by atoms with Crippen molar-refractivity contribution in [3.8, 4) is 5.75 Å². The molecule has 0 bridgehead atoms. The van der Waals surface area contributed by atoms with E-state index in [9.17, 15) is 19.8 Å². The van der Waals surface area contributed by atoms with Crippen LogP contribution >= 0.6 is 0 Å². The van der Waals surface area contributed by atoms with Crippen molar-refractivity contribution in [3.05, 3.63) is 77.6 Å². The molecule has 0 unspecified atom stereocenters. The number of phenolic OH excluding ortho intramolecular Hbond substituents is 1. The van der Waals surface area contributed by atoms with E-state index in [1.54, 1.807) is 30.4 Å². The molecule has 1 heterocycles. The number of phenols is 1. The fourth-order valence-electron chi connectivity index (χ4n) is 2.74. The van der Waals surface area contributed by atoms with Crippen LogP contribution in [-0.4, -0.2) is 39.7 Å². The van der Waals surface area contributed by atoms with Gasteiger partial charge in [0.2, 0.25) is 0 Å². The van der Waals surface area contributed by atoms with Gasteiger partial charge in [0.15, 0.2) is 5.78 Å². The van der Waals surface area contributed by atoms with Gasteiger partial charge in [0, 0.05) is 13.0 Å². The summed E-state index contributed by atoms with van der Waals surface area (Å²) in [6, 6.07) is 5.63. The largest absolute Gasteiger partial charge is 0.508 e. The SMILES string of the molecule is CC[C@H](/C=C/C=C/C=C/C(O)=C1\C(=O)N[C@@H](Cc2ccc(O)cc2)C1=O)CO. The zero-order chi connectivity index (χ0) is 20.5. The minimum absolute atomic E-state index is 0.0894. The van der Waals surface area contributed by atoms with Gasteiger partial charge in [-0.1, -0.05) is 49.4 Å². The molecule has 0 radical (unpaired) electrons. The molecule has 1 fully saturated rings. The fraction of sp³-hybridized carbons (Fsp3) is 0.273. The Bertz CT molecular complexity index is 814. The first-order valence-electron chi connectivity index (χ1n) is 9.14. The fourth-order valence-corrected chi connectivity index (χ4v) is 2.74. The van der Waals surface area contributed by atoms with Gasteiger partial charge < -0.3 is 20.6 Å². The highest BCUT2D eigenvalue weighted by Gasteiger charge is 2.37. The van der Waals surface area contributed by atoms with Crippen LogP contribution in [0, 0.1) is 5.92 Å². The van der Waals surface area contributed by atoms with Crippen molar-refractivity contribution in [1.29, 1.82) is 0 Å². The van der Waals surface area contributed by atoms with Gasteiger partial charge in [-0.3, -0.25) is 9.59 Å². The number of nitrogens with one attached hydrogen (secondary N) is 1. The third kappa shape index (κ3) is 5.69. The second-order valence-electron chi connectivity index (χ2n) is 6.50. The molecule has 6 heteroatoms. The van der Waals surface area contributed by atoms with Crippen LogP contribution in [0.15, 0.2) is 72.1 Å². The van der Waals surface area contributed by atoms with Crippen LogP contribution in [0.3, 0.4) is 0 Å². The Morgan fingerprint density at radius 1 is 1.14 bits per heavy atom. The average Bonchev–Trinajstić information content (AvgIpc) is 2.96. The van der Waals surface area contributed by atoms with Crippen molar-refractivity contribution in [2.45, 2.75) is 25.8 Å². The minimum Gasteiger partial charge on any atom is -0.508 e. The molecule has 0 aliphatic carbocycles. The standard InChI is InChI=1S/C22H25NO5/c1-2-15(14-24)7-5-3-4-6-8-19(26)20-21(27)18(23-22(20)28)13-16-9-11-17(25)12-10-16/h3-12,15,18,24-26H,2,13-14H2,1H3,(H,23,28)/b4-3+,7-5+,8-6+,20-19+/t15-,18+/m1/s1. The number of hydrogen-bond donors (Lipinski definition) is 4. The van der Waals surface area contributed by atoms with E-state index in [2.05, 4.69) is 5.32 Å². The second kappa shape index (κ2) is 10.3. The number of aromatic hydroxyl groups is 1. The first kappa shape index (κ1) is 21.2. The van der Waals surface area contributed by atoms with Crippen molar-refractivity contribution < 1.29 is 24.9 Å². The number of allylic oxidation sites excluding steroid dienone is 5. The van der Waals surface area contributed by atoms with Crippen LogP contribution in [0.25, 0.3) is 0 Å². The predicted octanol–water partition coefficient (Wildman–Crippen LogP) is 2.50. The van der Waals surface area contributed by atoms with E-state index in [0.29, 0.717) is 0 Å². The van der Waals surface area contributed by atoms with Crippen molar-refractivity contribution in [2.75, 3.05) is 6.61 Å². The number of ketones is 1. The lowest BCUT2D eigenvalue weighted by atomic mass is 10.0. The predicted molar refractivity (Wildman–Crippen MR) is 107 cm³/mol. The van der Waals surface area contributed by atoms with Crippen LogP contribution < -0.4 is 5.32 Å². The number of aliphatic hydroxyl groups excluding tert-OH is 2. The maximum atomic E-state index is 12.5. The van der Waals surface area contributed by atoms with Crippen LogP contribution in [0.5, 0.6) is 5.75 Å². The summed E-state index contributed by atoms with van der Waals surface area (Å²) in [6.45, 7) is 2.07. The van der Waals surface area contributed by atoms with Gasteiger partial charge in [0.25, 0.3) is 5.91 Å². The first-order chi connectivity index (χ1) is 13.5. The molecule has 148 valence electrons. The summed E-state index contributed by atoms with van der Waals surface area (Å²) in [4.78, 5) is 24.5. The third-order valence-electron chi connectivity index (χ3n) is 4.46. The Labute approximate surface area is 164 Å². The molecule has 2 rings (SSSR count). The lowest BCUT2D eigenvalue weighted by Gasteiger charge is -2.07. The van der Waals surface area contributed by atoms with Gasteiger partial charge in [-0.05, 0) is 36.1 Å². The first-order valence-corrected chi connectivity index (χ1v) is 9.14. The van der Waals surface area contributed by atoms with Crippen LogP contribution in [-0.2, 0) is 16.0 Å². The van der Waals surface area contributed by atoms with E-state index >= 15 is 0 Å². The van der Waals surface area contributed by atoms with E-state index < -0.39 is 17.7 Å². The van der Waals surface area contributed by atoms with Crippen molar-refractivity contribution in [3.63, 3.8) is 0 Å². The van der Waals surface area contributed by atoms with Crippen LogP contribution in [0.1, 0.15) is 18.9 Å². The molecule has 4 N–H and O–H groups in total. The summed E-state index contributed by atoms with van der Waals surface area (Å²) < 4.78 is 0. The zero-order valence-electron chi connectivity index (χ0n) is 15.7. The van der Waals surface area contributed by atoms with Crippen LogP contribution in [0.2, 0.25) is 0 Å². The van der Waals surface area contributed by atoms with E-state index in [-0.39, 0.29) is 36.0 Å². The van der Waals surface area contributed by atoms with Crippen molar-refractivity contribution >= 4 is 11.7 Å². The lowest BCUT2D eigenvalue weighted by Crippen LogP contribution is -2.31. The Balaban J connectivity index is 2.01. The summed E-state index contributed by atoms with van der Waals surface area (Å²) in [5.41, 5.74) is 0.533. The Morgan fingerprint density at radius 2 is 1.82 bits per heavy atom. The van der Waals surface area contributed by atoms with Gasteiger partial charge in [0.05, 0.1) is 6.04 Å². The average molecular weight is 383 g/mol. The molecular weight excluding hydrogens is 358 g/mol. The topological polar surface area (TPSA) is 107 Å². The van der Waals surface area contributed by atoms with Crippen molar-refractivity contribution in [1.82, 2.24) is 5.32 Å². The van der Waals surface area contributed by atoms with Gasteiger partial charge in [-0.25, -0.2) is 0 Å². The second-order valence-corrected chi connectivity index (χ2v) is 6.50. The number of Topliss-reactive ketones (excluding diaryl/α,β-unsaturated/α-hetero) is 1. The quantitative estimate of drug-likeness (QED) is 0.239. The number of benzene rings is 1. The smallest absolute Gasteiger partial charge is 0.259 e. The normalized spacial score (nSPS) is 20.4. The van der Waals surface area contributed by atoms with E-state index in [4.69, 9.17) is 5.11 Å². The maximum Gasteiger partial charge on any atom is 0.259 e. The van der Waals surface area contributed by atoms with E-state index in [1.807, 2.05) is 13.0 Å². The number of rotatable bonds is 8. The summed E-state index contributed by atoms with van der Waals surface area (Å²) in [7, 11) is 0. The van der Waals surface area contributed by atoms with Crippen LogP contribution in [0.4, 0.5) is 0 Å². The molecule has 1 aromatic rings. The maximum absolute atomic E-state index is 12.5. The number of amides is 1. The molecule has 1 amide bonds. The molecule has 6 nitrogen and oxygen atoms in total. The molecule has 1 saturated heterocycles. The molecule has 28 heavy (non-hydrogen) atoms. The number of aliphatic hydroxyl groups is 2. The highest BCUT2D eigenvalue weighted by Crippen LogP contribution is 2.19. The number of carbonyl (C=O) groups is 2. The Kier molecular flexibility index (Phi) is 7.77. The van der Waals surface area contributed by atoms with Crippen molar-refractivity contribution in [2.24, 2.45) is 5.92 Å². The molecule has 0 spiro atoms. The van der Waals surface area contributed by atoms with Gasteiger partial charge in [0.1, 0.15) is 17.1 Å². The van der Waals surface area contributed by atoms with Gasteiger partial charge in [-0.15, -0.1) is 0 Å². The summed E-state index contributed by atoms with van der Waals surface area (Å²) in [6.07, 6.45) is 11.0. The zero-order valence-corrected chi connectivity index (χ0v) is 15.7. The highest BCUT2D eigenvalue weighted by atomic mass is 16.3. The summed E-state index contributed by atoms with van der Waals surface area (Å²) >= 11 is 0. The Morgan fingerprint density at radius 3 is 2.46 bits per heavy atom. The van der Waals surface area contributed by atoms with E-state index in [1.165, 1.54) is 24.3 Å². The summed E-state index contributed by atoms with van der Waals surface area (Å²) in [5.74, 6) is -1.22. The Hall–Kier alpha value is -3.12. The molecule has 1 aliphatic rings. The molecule has 1 aromatic carbocycles. The lowest BCUT2D eigenvalue weighted by molar-refractivity contribution is -0.117.